The molecule has 0 radical (unpaired) electrons. The van der Waals surface area contributed by atoms with E-state index in [0.717, 1.165) is 5.69 Å². The van der Waals surface area contributed by atoms with Gasteiger partial charge in [0.05, 0.1) is 18.0 Å². The highest BCUT2D eigenvalue weighted by Crippen LogP contribution is 2.22. The van der Waals surface area contributed by atoms with Crippen molar-refractivity contribution in [1.82, 2.24) is 4.90 Å². The van der Waals surface area contributed by atoms with E-state index < -0.39 is 0 Å². The lowest BCUT2D eigenvalue weighted by Gasteiger charge is -2.19. The molecule has 1 aromatic rings. The predicted molar refractivity (Wildman–Crippen MR) is 78.6 cm³/mol. The van der Waals surface area contributed by atoms with Crippen LogP contribution in [0.25, 0.3) is 0 Å². The van der Waals surface area contributed by atoms with Crippen LogP contribution in [0.1, 0.15) is 17.3 Å². The van der Waals surface area contributed by atoms with Crippen LogP contribution in [-0.2, 0) is 4.74 Å². The maximum atomic E-state index is 12.2. The third kappa shape index (κ3) is 4.13. The van der Waals surface area contributed by atoms with Crippen LogP contribution in [0, 0.1) is 0 Å². The number of amides is 1. The Morgan fingerprint density at radius 2 is 2.00 bits per heavy atom. The molecule has 0 fully saturated rings. The molecular formula is C14H23N3O2. The minimum Gasteiger partial charge on any atom is -0.397 e. The Kier molecular flexibility index (Phi) is 5.63. The summed E-state index contributed by atoms with van der Waals surface area (Å²) in [7, 11) is 5.60. The fourth-order valence-electron chi connectivity index (χ4n) is 1.76. The molecule has 0 aliphatic rings. The highest BCUT2D eigenvalue weighted by Gasteiger charge is 2.13. The van der Waals surface area contributed by atoms with E-state index in [0.29, 0.717) is 31.0 Å². The van der Waals surface area contributed by atoms with Gasteiger partial charge in [0.25, 0.3) is 5.91 Å². The van der Waals surface area contributed by atoms with Gasteiger partial charge in [-0.3, -0.25) is 4.79 Å². The largest absolute Gasteiger partial charge is 0.397 e. The minimum absolute atomic E-state index is 0.0447. The van der Waals surface area contributed by atoms with E-state index in [2.05, 4.69) is 0 Å². The van der Waals surface area contributed by atoms with Gasteiger partial charge in [-0.1, -0.05) is 0 Å². The fraction of sp³-hybridized carbons (Fsp3) is 0.500. The average Bonchev–Trinajstić information content (AvgIpc) is 2.37. The van der Waals surface area contributed by atoms with Crippen molar-refractivity contribution >= 4 is 17.3 Å². The number of likely N-dealkylation sites (N-methyl/N-ethyl adjacent to an activating group) is 1. The van der Waals surface area contributed by atoms with Gasteiger partial charge >= 0.3 is 0 Å². The molecule has 0 bridgehead atoms. The highest BCUT2D eigenvalue weighted by molar-refractivity contribution is 5.96. The van der Waals surface area contributed by atoms with Crippen LogP contribution in [0.2, 0.25) is 0 Å². The Balaban J connectivity index is 2.74. The van der Waals surface area contributed by atoms with E-state index in [1.807, 2.05) is 32.0 Å². The van der Waals surface area contributed by atoms with Gasteiger partial charge in [-0.2, -0.15) is 0 Å². The first-order chi connectivity index (χ1) is 8.97. The topological polar surface area (TPSA) is 58.8 Å². The number of benzene rings is 1. The lowest BCUT2D eigenvalue weighted by atomic mass is 10.1. The Morgan fingerprint density at radius 1 is 1.32 bits per heavy atom. The molecule has 5 nitrogen and oxygen atoms in total. The zero-order valence-electron chi connectivity index (χ0n) is 12.1. The number of anilines is 2. The van der Waals surface area contributed by atoms with Crippen molar-refractivity contribution < 1.29 is 9.53 Å². The predicted octanol–water partition coefficient (Wildman–Crippen LogP) is 1.44. The van der Waals surface area contributed by atoms with E-state index in [-0.39, 0.29) is 5.91 Å². The first-order valence-electron chi connectivity index (χ1n) is 6.37. The first kappa shape index (κ1) is 15.3. The third-order valence-corrected chi connectivity index (χ3v) is 2.88. The smallest absolute Gasteiger partial charge is 0.253 e. The average molecular weight is 265 g/mol. The van der Waals surface area contributed by atoms with Gasteiger partial charge in [0.15, 0.2) is 0 Å². The summed E-state index contributed by atoms with van der Waals surface area (Å²) in [5.41, 5.74) is 8.06. The zero-order valence-corrected chi connectivity index (χ0v) is 12.1. The molecule has 0 heterocycles. The molecule has 19 heavy (non-hydrogen) atoms. The van der Waals surface area contributed by atoms with Gasteiger partial charge in [0.2, 0.25) is 0 Å². The quantitative estimate of drug-likeness (QED) is 0.624. The van der Waals surface area contributed by atoms with Crippen LogP contribution in [0.5, 0.6) is 0 Å². The van der Waals surface area contributed by atoms with Crippen molar-refractivity contribution in [2.24, 2.45) is 0 Å². The zero-order chi connectivity index (χ0) is 14.4. The van der Waals surface area contributed by atoms with E-state index in [1.165, 1.54) is 0 Å². The SMILES string of the molecule is CCOCCN(C)C(=O)c1ccc(N(C)C)c(N)c1. The molecule has 0 aliphatic heterocycles. The summed E-state index contributed by atoms with van der Waals surface area (Å²) in [6.07, 6.45) is 0. The van der Waals surface area contributed by atoms with Gasteiger partial charge < -0.3 is 20.3 Å². The summed E-state index contributed by atoms with van der Waals surface area (Å²) in [6.45, 7) is 3.71. The van der Waals surface area contributed by atoms with Crippen molar-refractivity contribution in [2.45, 2.75) is 6.92 Å². The molecule has 2 N–H and O–H groups in total. The van der Waals surface area contributed by atoms with Crippen molar-refractivity contribution in [1.29, 1.82) is 0 Å². The van der Waals surface area contributed by atoms with Crippen LogP contribution in [0.3, 0.4) is 0 Å². The van der Waals surface area contributed by atoms with E-state index in [9.17, 15) is 4.79 Å². The molecule has 1 aromatic carbocycles. The van der Waals surface area contributed by atoms with Crippen LogP contribution < -0.4 is 10.6 Å². The normalized spacial score (nSPS) is 10.3. The molecule has 0 saturated carbocycles. The molecular weight excluding hydrogens is 242 g/mol. The highest BCUT2D eigenvalue weighted by atomic mass is 16.5. The second kappa shape index (κ2) is 6.99. The van der Waals surface area contributed by atoms with E-state index in [4.69, 9.17) is 10.5 Å². The second-order valence-electron chi connectivity index (χ2n) is 4.59. The second-order valence-corrected chi connectivity index (χ2v) is 4.59. The van der Waals surface area contributed by atoms with Crippen LogP contribution >= 0.6 is 0 Å². The molecule has 1 rings (SSSR count). The number of nitrogens with two attached hydrogens (primary N) is 1. The van der Waals surface area contributed by atoms with Crippen molar-refractivity contribution in [3.63, 3.8) is 0 Å². The molecule has 0 aromatic heterocycles. The molecule has 1 amide bonds. The molecule has 0 aliphatic carbocycles. The fourth-order valence-corrected chi connectivity index (χ4v) is 1.76. The number of nitrogens with zero attached hydrogens (tertiary/aromatic N) is 2. The van der Waals surface area contributed by atoms with Gasteiger partial charge in [0.1, 0.15) is 0 Å². The number of rotatable bonds is 6. The van der Waals surface area contributed by atoms with Crippen LogP contribution in [0.4, 0.5) is 11.4 Å². The third-order valence-electron chi connectivity index (χ3n) is 2.88. The number of nitrogen functional groups attached to an aromatic ring is 1. The lowest BCUT2D eigenvalue weighted by molar-refractivity contribution is 0.0710. The molecule has 0 atom stereocenters. The standard InChI is InChI=1S/C14H23N3O2/c1-5-19-9-8-17(4)14(18)11-6-7-13(16(2)3)12(15)10-11/h6-7,10H,5,8-9,15H2,1-4H3. The Bertz CT molecular complexity index is 433. The number of ether oxygens (including phenoxy) is 1. The maximum Gasteiger partial charge on any atom is 0.253 e. The molecule has 5 heteroatoms. The Morgan fingerprint density at radius 3 is 2.53 bits per heavy atom. The van der Waals surface area contributed by atoms with Gasteiger partial charge in [-0.05, 0) is 25.1 Å². The number of hydrogen-bond acceptors (Lipinski definition) is 4. The summed E-state index contributed by atoms with van der Waals surface area (Å²) in [5.74, 6) is -0.0447. The molecule has 0 unspecified atom stereocenters. The van der Waals surface area contributed by atoms with Gasteiger partial charge in [0, 0.05) is 39.9 Å². The maximum absolute atomic E-state index is 12.2. The summed E-state index contributed by atoms with van der Waals surface area (Å²) in [6, 6.07) is 5.37. The number of carbonyl (C=O) groups excluding carboxylic acids is 1. The van der Waals surface area contributed by atoms with E-state index in [1.54, 1.807) is 24.1 Å². The number of carbonyl (C=O) groups is 1. The summed E-state index contributed by atoms with van der Waals surface area (Å²) in [4.78, 5) is 15.7. The van der Waals surface area contributed by atoms with E-state index >= 15 is 0 Å². The minimum atomic E-state index is -0.0447. The monoisotopic (exact) mass is 265 g/mol. The van der Waals surface area contributed by atoms with Crippen molar-refractivity contribution in [3.8, 4) is 0 Å². The van der Waals surface area contributed by atoms with Crippen molar-refractivity contribution in [3.05, 3.63) is 23.8 Å². The Labute approximate surface area is 114 Å². The first-order valence-corrected chi connectivity index (χ1v) is 6.37. The van der Waals surface area contributed by atoms with Gasteiger partial charge in [-0.25, -0.2) is 0 Å². The Hall–Kier alpha value is -1.75. The van der Waals surface area contributed by atoms with Crippen molar-refractivity contribution in [2.75, 3.05) is 51.5 Å². The summed E-state index contributed by atoms with van der Waals surface area (Å²) >= 11 is 0. The molecule has 106 valence electrons. The number of hydrogen-bond donors (Lipinski definition) is 1. The van der Waals surface area contributed by atoms with Crippen LogP contribution in [0.15, 0.2) is 18.2 Å². The lowest BCUT2D eigenvalue weighted by Crippen LogP contribution is -2.30. The summed E-state index contributed by atoms with van der Waals surface area (Å²) < 4.78 is 5.24. The summed E-state index contributed by atoms with van der Waals surface area (Å²) in [5, 5.41) is 0. The van der Waals surface area contributed by atoms with Crippen LogP contribution in [-0.4, -0.2) is 51.7 Å². The molecule has 0 saturated heterocycles. The van der Waals surface area contributed by atoms with Gasteiger partial charge in [-0.15, -0.1) is 0 Å². The molecule has 0 spiro atoms.